The van der Waals surface area contributed by atoms with Gasteiger partial charge in [0.15, 0.2) is 0 Å². The Labute approximate surface area is 153 Å². The van der Waals surface area contributed by atoms with E-state index in [2.05, 4.69) is 16.1 Å². The minimum Gasteiger partial charge on any atom is -0.348 e. The van der Waals surface area contributed by atoms with E-state index in [0.717, 1.165) is 5.56 Å². The van der Waals surface area contributed by atoms with Gasteiger partial charge >= 0.3 is 0 Å². The average molecular weight is 369 g/mol. The van der Waals surface area contributed by atoms with Crippen LogP contribution in [0.15, 0.2) is 54.6 Å². The van der Waals surface area contributed by atoms with Gasteiger partial charge in [0.05, 0.1) is 17.4 Å². The van der Waals surface area contributed by atoms with E-state index in [1.54, 1.807) is 54.6 Å². The second-order valence-corrected chi connectivity index (χ2v) is 7.41. The van der Waals surface area contributed by atoms with Crippen molar-refractivity contribution in [2.75, 3.05) is 7.05 Å². The lowest BCUT2D eigenvalue weighted by Gasteiger charge is -2.10. The number of carbonyl (C=O) groups is 1. The fourth-order valence-corrected chi connectivity index (χ4v) is 3.13. The first-order chi connectivity index (χ1) is 12.4. The average Bonchev–Trinajstić information content (AvgIpc) is 2.65. The van der Waals surface area contributed by atoms with Crippen molar-refractivity contribution in [3.8, 4) is 6.07 Å². The molecular weight excluding hydrogens is 350 g/mol. The minimum absolute atomic E-state index is 0.152. The van der Waals surface area contributed by atoms with E-state index in [1.807, 2.05) is 0 Å². The molecule has 0 aliphatic rings. The Morgan fingerprint density at radius 3 is 2.46 bits per heavy atom. The molecule has 2 aromatic rings. The Morgan fingerprint density at radius 2 is 1.77 bits per heavy atom. The van der Waals surface area contributed by atoms with Gasteiger partial charge in [-0.2, -0.15) is 5.26 Å². The lowest BCUT2D eigenvalue weighted by Crippen LogP contribution is -2.24. The Morgan fingerprint density at radius 1 is 1.12 bits per heavy atom. The number of nitriles is 1. The topological polar surface area (TPSA) is 99.1 Å². The number of hydrogen-bond donors (Lipinski definition) is 2. The maximum absolute atomic E-state index is 12.0. The number of nitrogens with zero attached hydrogens (tertiary/aromatic N) is 1. The van der Waals surface area contributed by atoms with Crippen LogP contribution in [0.5, 0.6) is 0 Å². The van der Waals surface area contributed by atoms with Crippen molar-refractivity contribution in [2.24, 2.45) is 0 Å². The van der Waals surface area contributed by atoms with Gasteiger partial charge in [0.1, 0.15) is 0 Å². The zero-order valence-electron chi connectivity index (χ0n) is 14.3. The standard InChI is InChI=1S/C19H19N3O3S/c1-21-26(24,25)14-18-9-5-4-8-17(18)13-22-19(23)11-10-15-6-2-3-7-16(15)12-20/h2-11,21H,13-14H2,1H3,(H,22,23). The van der Waals surface area contributed by atoms with Gasteiger partial charge in [-0.05, 0) is 35.9 Å². The highest BCUT2D eigenvalue weighted by molar-refractivity contribution is 7.88. The van der Waals surface area contributed by atoms with E-state index in [1.165, 1.54) is 13.1 Å². The molecule has 0 atom stereocenters. The number of rotatable bonds is 7. The largest absolute Gasteiger partial charge is 0.348 e. The lowest BCUT2D eigenvalue weighted by molar-refractivity contribution is -0.116. The van der Waals surface area contributed by atoms with Crippen molar-refractivity contribution in [3.05, 3.63) is 76.9 Å². The SMILES string of the molecule is CNS(=O)(=O)Cc1ccccc1CNC(=O)C=Cc1ccccc1C#N. The first kappa shape index (κ1) is 19.4. The highest BCUT2D eigenvalue weighted by Crippen LogP contribution is 2.12. The van der Waals surface area contributed by atoms with Gasteiger partial charge in [-0.15, -0.1) is 0 Å². The summed E-state index contributed by atoms with van der Waals surface area (Å²) < 4.78 is 25.8. The van der Waals surface area contributed by atoms with E-state index in [9.17, 15) is 13.2 Å². The van der Waals surface area contributed by atoms with Gasteiger partial charge in [0.25, 0.3) is 0 Å². The molecule has 0 unspecified atom stereocenters. The first-order valence-electron chi connectivity index (χ1n) is 7.88. The van der Waals surface area contributed by atoms with Crippen LogP contribution in [0.1, 0.15) is 22.3 Å². The van der Waals surface area contributed by atoms with Crippen molar-refractivity contribution >= 4 is 22.0 Å². The molecule has 2 N–H and O–H groups in total. The molecule has 7 heteroatoms. The van der Waals surface area contributed by atoms with Crippen LogP contribution in [0.25, 0.3) is 6.08 Å². The summed E-state index contributed by atoms with van der Waals surface area (Å²) in [5, 5.41) is 11.8. The van der Waals surface area contributed by atoms with Crippen LogP contribution < -0.4 is 10.0 Å². The summed E-state index contributed by atoms with van der Waals surface area (Å²) in [5.41, 5.74) is 2.50. The predicted molar refractivity (Wildman–Crippen MR) is 100 cm³/mol. The highest BCUT2D eigenvalue weighted by Gasteiger charge is 2.12. The number of benzene rings is 2. The molecule has 0 heterocycles. The monoisotopic (exact) mass is 369 g/mol. The van der Waals surface area contributed by atoms with E-state index in [0.29, 0.717) is 16.7 Å². The van der Waals surface area contributed by atoms with Crippen LogP contribution in [-0.4, -0.2) is 21.4 Å². The van der Waals surface area contributed by atoms with Crippen LogP contribution in [0.4, 0.5) is 0 Å². The molecule has 26 heavy (non-hydrogen) atoms. The summed E-state index contributed by atoms with van der Waals surface area (Å²) in [4.78, 5) is 12.0. The molecule has 1 amide bonds. The number of sulfonamides is 1. The van der Waals surface area contributed by atoms with Crippen LogP contribution in [-0.2, 0) is 27.1 Å². The molecule has 0 bridgehead atoms. The van der Waals surface area contributed by atoms with Crippen molar-refractivity contribution in [3.63, 3.8) is 0 Å². The van der Waals surface area contributed by atoms with Gasteiger partial charge in [-0.3, -0.25) is 4.79 Å². The third-order valence-corrected chi connectivity index (χ3v) is 5.04. The summed E-state index contributed by atoms with van der Waals surface area (Å²) in [6.07, 6.45) is 2.92. The number of amides is 1. The zero-order valence-corrected chi connectivity index (χ0v) is 15.1. The first-order valence-corrected chi connectivity index (χ1v) is 9.53. The van der Waals surface area contributed by atoms with Crippen LogP contribution in [0.3, 0.4) is 0 Å². The number of carbonyl (C=O) groups excluding carboxylic acids is 1. The van der Waals surface area contributed by atoms with Crippen molar-refractivity contribution in [2.45, 2.75) is 12.3 Å². The minimum atomic E-state index is -3.39. The van der Waals surface area contributed by atoms with E-state index in [-0.39, 0.29) is 18.2 Å². The van der Waals surface area contributed by atoms with Gasteiger partial charge in [-0.25, -0.2) is 13.1 Å². The van der Waals surface area contributed by atoms with Crippen LogP contribution >= 0.6 is 0 Å². The van der Waals surface area contributed by atoms with Gasteiger partial charge in [-0.1, -0.05) is 42.5 Å². The molecule has 0 saturated heterocycles. The molecule has 0 radical (unpaired) electrons. The molecule has 134 valence electrons. The molecule has 0 aromatic heterocycles. The third-order valence-electron chi connectivity index (χ3n) is 3.72. The molecule has 2 aromatic carbocycles. The second kappa shape index (κ2) is 8.94. The fraction of sp³-hybridized carbons (Fsp3) is 0.158. The summed E-state index contributed by atoms with van der Waals surface area (Å²) in [5.74, 6) is -0.481. The van der Waals surface area contributed by atoms with Crippen molar-refractivity contribution in [1.29, 1.82) is 5.26 Å². The van der Waals surface area contributed by atoms with Crippen LogP contribution in [0, 0.1) is 11.3 Å². The molecule has 6 nitrogen and oxygen atoms in total. The van der Waals surface area contributed by atoms with E-state index in [4.69, 9.17) is 5.26 Å². The summed E-state index contributed by atoms with van der Waals surface area (Å²) in [7, 11) is -2.03. The molecule has 0 aliphatic carbocycles. The van der Waals surface area contributed by atoms with Gasteiger partial charge in [0, 0.05) is 12.6 Å². The quantitative estimate of drug-likeness (QED) is 0.729. The van der Waals surface area contributed by atoms with Crippen molar-refractivity contribution in [1.82, 2.24) is 10.0 Å². The summed E-state index contributed by atoms with van der Waals surface area (Å²) in [6.45, 7) is 0.207. The Hall–Kier alpha value is -2.95. The normalized spacial score (nSPS) is 11.2. The third kappa shape index (κ3) is 5.55. The highest BCUT2D eigenvalue weighted by atomic mass is 32.2. The number of hydrogen-bond acceptors (Lipinski definition) is 4. The Bertz CT molecular complexity index is 960. The lowest BCUT2D eigenvalue weighted by atomic mass is 10.1. The number of nitrogens with one attached hydrogen (secondary N) is 2. The molecule has 2 rings (SSSR count). The molecule has 0 aliphatic heterocycles. The van der Waals surface area contributed by atoms with Gasteiger partial charge in [0.2, 0.25) is 15.9 Å². The van der Waals surface area contributed by atoms with E-state index >= 15 is 0 Å². The smallest absolute Gasteiger partial charge is 0.244 e. The zero-order chi connectivity index (χ0) is 19.0. The van der Waals surface area contributed by atoms with E-state index < -0.39 is 10.0 Å². The Kier molecular flexibility index (Phi) is 6.67. The van der Waals surface area contributed by atoms with Crippen molar-refractivity contribution < 1.29 is 13.2 Å². The Balaban J connectivity index is 2.04. The fourth-order valence-electron chi connectivity index (χ4n) is 2.30. The molecule has 0 spiro atoms. The maximum atomic E-state index is 12.0. The summed E-state index contributed by atoms with van der Waals surface area (Å²) >= 11 is 0. The molecule has 0 saturated carbocycles. The molecule has 0 fully saturated rings. The second-order valence-electron chi connectivity index (χ2n) is 5.48. The molecular formula is C19H19N3O3S. The van der Waals surface area contributed by atoms with Gasteiger partial charge < -0.3 is 5.32 Å². The predicted octanol–water partition coefficient (Wildman–Crippen LogP) is 1.94. The van der Waals surface area contributed by atoms with Crippen LogP contribution in [0.2, 0.25) is 0 Å². The maximum Gasteiger partial charge on any atom is 0.244 e. The summed E-state index contributed by atoms with van der Waals surface area (Å²) in [6, 6.07) is 16.1.